The van der Waals surface area contributed by atoms with Gasteiger partial charge in [0, 0.05) is 5.41 Å². The molecule has 0 saturated heterocycles. The van der Waals surface area contributed by atoms with E-state index in [1.165, 1.54) is 16.7 Å². The van der Waals surface area contributed by atoms with Gasteiger partial charge in [-0.1, -0.05) is 54.9 Å². The van der Waals surface area contributed by atoms with Gasteiger partial charge in [0.15, 0.2) is 0 Å². The minimum atomic E-state index is -0.164. The summed E-state index contributed by atoms with van der Waals surface area (Å²) < 4.78 is 0. The molecule has 2 heteroatoms. The fourth-order valence-electron chi connectivity index (χ4n) is 2.28. The molecule has 0 unspecified atom stereocenters. The number of rotatable bonds is 2. The first-order valence-corrected chi connectivity index (χ1v) is 6.04. The average Bonchev–Trinajstić information content (AvgIpc) is 2.37. The second-order valence-electron chi connectivity index (χ2n) is 5.18. The highest BCUT2D eigenvalue weighted by Crippen LogP contribution is 2.36. The molecule has 0 fully saturated rings. The van der Waals surface area contributed by atoms with Crippen LogP contribution >= 0.6 is 0 Å². The number of oxime groups is 1. The monoisotopic (exact) mass is 229 g/mol. The first-order chi connectivity index (χ1) is 8.05. The molecule has 1 aromatic carbocycles. The van der Waals surface area contributed by atoms with Crippen LogP contribution in [-0.4, -0.2) is 10.9 Å². The average molecular weight is 229 g/mol. The zero-order valence-corrected chi connectivity index (χ0v) is 10.7. The number of fused-ring (bicyclic) bond motifs is 1. The van der Waals surface area contributed by atoms with E-state index in [4.69, 9.17) is 5.21 Å². The Hall–Kier alpha value is -1.57. The van der Waals surface area contributed by atoms with Gasteiger partial charge in [0.1, 0.15) is 0 Å². The number of hydrogen-bond donors (Lipinski definition) is 1. The third-order valence-corrected chi connectivity index (χ3v) is 3.91. The molecule has 1 aliphatic rings. The minimum Gasteiger partial charge on any atom is -0.411 e. The van der Waals surface area contributed by atoms with Gasteiger partial charge >= 0.3 is 0 Å². The van der Waals surface area contributed by atoms with Crippen molar-refractivity contribution in [2.24, 2.45) is 10.6 Å². The van der Waals surface area contributed by atoms with Gasteiger partial charge in [-0.15, -0.1) is 0 Å². The fourth-order valence-corrected chi connectivity index (χ4v) is 2.28. The van der Waals surface area contributed by atoms with E-state index >= 15 is 0 Å². The third kappa shape index (κ3) is 2.12. The van der Waals surface area contributed by atoms with Crippen LogP contribution in [0.1, 0.15) is 38.3 Å². The molecule has 0 spiro atoms. The van der Waals surface area contributed by atoms with Gasteiger partial charge in [-0.05, 0) is 30.9 Å². The molecule has 0 atom stereocenters. The molecule has 1 aliphatic carbocycles. The topological polar surface area (TPSA) is 32.6 Å². The largest absolute Gasteiger partial charge is 0.411 e. The standard InChI is InChI=1S/C15H19NO/c1-11(16-17)15(2,3)14-9-8-12-6-4-5-7-13(12)10-14/h4-7,10,17H,8-9H2,1-3H3/b16-11+. The Morgan fingerprint density at radius 1 is 1.24 bits per heavy atom. The molecule has 0 aromatic heterocycles. The molecule has 2 rings (SSSR count). The van der Waals surface area contributed by atoms with E-state index in [-0.39, 0.29) is 5.41 Å². The number of allylic oxidation sites excluding steroid dienone is 1. The van der Waals surface area contributed by atoms with E-state index < -0.39 is 0 Å². The summed E-state index contributed by atoms with van der Waals surface area (Å²) >= 11 is 0. The summed E-state index contributed by atoms with van der Waals surface area (Å²) in [5, 5.41) is 12.3. The predicted octanol–water partition coefficient (Wildman–Crippen LogP) is 3.89. The molecule has 17 heavy (non-hydrogen) atoms. The van der Waals surface area contributed by atoms with Crippen molar-refractivity contribution < 1.29 is 5.21 Å². The van der Waals surface area contributed by atoms with E-state index in [1.807, 2.05) is 6.92 Å². The molecule has 0 saturated carbocycles. The van der Waals surface area contributed by atoms with Crippen molar-refractivity contribution in [2.75, 3.05) is 0 Å². The second-order valence-corrected chi connectivity index (χ2v) is 5.18. The number of hydrogen-bond acceptors (Lipinski definition) is 2. The third-order valence-electron chi connectivity index (χ3n) is 3.91. The Balaban J connectivity index is 2.41. The maximum Gasteiger partial charge on any atom is 0.0636 e. The van der Waals surface area contributed by atoms with E-state index in [1.54, 1.807) is 0 Å². The van der Waals surface area contributed by atoms with E-state index in [2.05, 4.69) is 49.3 Å². The van der Waals surface area contributed by atoms with Crippen molar-refractivity contribution in [3.05, 3.63) is 41.0 Å². The number of nitrogens with zero attached hydrogens (tertiary/aromatic N) is 1. The number of aryl methyl sites for hydroxylation is 1. The lowest BCUT2D eigenvalue weighted by Crippen LogP contribution is -2.25. The Bertz CT molecular complexity index is 483. The minimum absolute atomic E-state index is 0.164. The van der Waals surface area contributed by atoms with Crippen molar-refractivity contribution in [1.82, 2.24) is 0 Å². The highest BCUT2D eigenvalue weighted by molar-refractivity contribution is 5.91. The van der Waals surface area contributed by atoms with Crippen molar-refractivity contribution in [1.29, 1.82) is 0 Å². The summed E-state index contributed by atoms with van der Waals surface area (Å²) in [5.74, 6) is 0. The first kappa shape index (κ1) is 11.9. The van der Waals surface area contributed by atoms with Crippen LogP contribution in [0.4, 0.5) is 0 Å². The maximum atomic E-state index is 8.96. The summed E-state index contributed by atoms with van der Waals surface area (Å²) in [6, 6.07) is 8.49. The van der Waals surface area contributed by atoms with Crippen LogP contribution in [0.5, 0.6) is 0 Å². The van der Waals surface area contributed by atoms with Gasteiger partial charge in [0.2, 0.25) is 0 Å². The van der Waals surface area contributed by atoms with Gasteiger partial charge in [0.05, 0.1) is 5.71 Å². The Labute approximate surface area is 103 Å². The van der Waals surface area contributed by atoms with Gasteiger partial charge in [-0.2, -0.15) is 0 Å². The van der Waals surface area contributed by atoms with Crippen molar-refractivity contribution >= 4 is 11.8 Å². The Morgan fingerprint density at radius 2 is 1.94 bits per heavy atom. The van der Waals surface area contributed by atoms with Gasteiger partial charge in [-0.3, -0.25) is 0 Å². The molecular formula is C15H19NO. The van der Waals surface area contributed by atoms with Crippen LogP contribution in [0.2, 0.25) is 0 Å². The lowest BCUT2D eigenvalue weighted by atomic mass is 9.74. The summed E-state index contributed by atoms with van der Waals surface area (Å²) in [7, 11) is 0. The summed E-state index contributed by atoms with van der Waals surface area (Å²) in [5.41, 5.74) is 4.65. The highest BCUT2D eigenvalue weighted by atomic mass is 16.4. The molecule has 0 bridgehead atoms. The molecule has 0 aliphatic heterocycles. The maximum absolute atomic E-state index is 8.96. The van der Waals surface area contributed by atoms with Crippen LogP contribution in [0.15, 0.2) is 35.0 Å². The van der Waals surface area contributed by atoms with Crippen LogP contribution in [0, 0.1) is 5.41 Å². The van der Waals surface area contributed by atoms with Crippen LogP contribution in [0.3, 0.4) is 0 Å². The van der Waals surface area contributed by atoms with Gasteiger partial charge < -0.3 is 5.21 Å². The van der Waals surface area contributed by atoms with E-state index in [0.717, 1.165) is 18.6 Å². The lowest BCUT2D eigenvalue weighted by molar-refractivity contribution is 0.311. The van der Waals surface area contributed by atoms with E-state index in [0.29, 0.717) is 0 Å². The van der Waals surface area contributed by atoms with Crippen molar-refractivity contribution in [3.8, 4) is 0 Å². The first-order valence-electron chi connectivity index (χ1n) is 6.04. The quantitative estimate of drug-likeness (QED) is 0.465. The smallest absolute Gasteiger partial charge is 0.0636 e. The summed E-state index contributed by atoms with van der Waals surface area (Å²) in [4.78, 5) is 0. The molecule has 2 nitrogen and oxygen atoms in total. The highest BCUT2D eigenvalue weighted by Gasteiger charge is 2.28. The number of benzene rings is 1. The molecule has 0 amide bonds. The zero-order chi connectivity index (χ0) is 12.5. The molecule has 1 N–H and O–H groups in total. The van der Waals surface area contributed by atoms with Crippen molar-refractivity contribution in [2.45, 2.75) is 33.6 Å². The molecule has 0 heterocycles. The normalized spacial score (nSPS) is 16.4. The Morgan fingerprint density at radius 3 is 2.65 bits per heavy atom. The lowest BCUT2D eigenvalue weighted by Gasteiger charge is -2.30. The summed E-state index contributed by atoms with van der Waals surface area (Å²) in [6.07, 6.45) is 4.36. The van der Waals surface area contributed by atoms with Crippen molar-refractivity contribution in [3.63, 3.8) is 0 Å². The van der Waals surface area contributed by atoms with Crippen LogP contribution in [0.25, 0.3) is 6.08 Å². The zero-order valence-electron chi connectivity index (χ0n) is 10.7. The van der Waals surface area contributed by atoms with Gasteiger partial charge in [-0.25, -0.2) is 0 Å². The predicted molar refractivity (Wildman–Crippen MR) is 71.4 cm³/mol. The van der Waals surface area contributed by atoms with Crippen LogP contribution in [-0.2, 0) is 6.42 Å². The molecule has 0 radical (unpaired) electrons. The molecule has 1 aromatic rings. The van der Waals surface area contributed by atoms with E-state index in [9.17, 15) is 0 Å². The summed E-state index contributed by atoms with van der Waals surface area (Å²) in [6.45, 7) is 6.10. The Kier molecular flexibility index (Phi) is 3.05. The molecular weight excluding hydrogens is 210 g/mol. The van der Waals surface area contributed by atoms with Crippen LogP contribution < -0.4 is 0 Å². The molecule has 90 valence electrons. The SMILES string of the molecule is C/C(=N\O)C(C)(C)C1=Cc2ccccc2CC1. The van der Waals surface area contributed by atoms with Gasteiger partial charge in [0.25, 0.3) is 0 Å². The second kappa shape index (κ2) is 4.36. The fraction of sp³-hybridized carbons (Fsp3) is 0.400.